The standard InChI is InChI=1S/C26H30N2O3S2/c1-18-6-5-7-22(15-18)17-32-13-12-27-26(29)23-10-9-20(3)25(16-23)33(30,31)28-24-11-8-19(2)14-21(24)4/h5-11,14-16,28H,12-13,17H2,1-4H3,(H,27,29). The first kappa shape index (κ1) is 24.9. The highest BCUT2D eigenvalue weighted by molar-refractivity contribution is 7.98. The van der Waals surface area contributed by atoms with Gasteiger partial charge in [0, 0.05) is 23.6 Å². The number of carbonyl (C=O) groups is 1. The third-order valence-electron chi connectivity index (χ3n) is 5.25. The van der Waals surface area contributed by atoms with E-state index < -0.39 is 10.0 Å². The number of amides is 1. The fourth-order valence-electron chi connectivity index (χ4n) is 3.49. The number of thioether (sulfide) groups is 1. The number of aryl methyl sites for hydroxylation is 4. The normalized spacial score (nSPS) is 11.3. The second-order valence-corrected chi connectivity index (χ2v) is 11.0. The maximum atomic E-state index is 13.0. The van der Waals surface area contributed by atoms with E-state index in [1.54, 1.807) is 36.9 Å². The molecule has 7 heteroatoms. The van der Waals surface area contributed by atoms with Crippen LogP contribution in [0.1, 0.15) is 38.2 Å². The molecule has 0 bridgehead atoms. The number of benzene rings is 3. The highest BCUT2D eigenvalue weighted by atomic mass is 32.2. The smallest absolute Gasteiger partial charge is 0.262 e. The van der Waals surface area contributed by atoms with Crippen LogP contribution in [0.3, 0.4) is 0 Å². The second kappa shape index (κ2) is 10.9. The van der Waals surface area contributed by atoms with Crippen LogP contribution in [0.4, 0.5) is 5.69 Å². The summed E-state index contributed by atoms with van der Waals surface area (Å²) in [5.41, 5.74) is 5.83. The number of hydrogen-bond donors (Lipinski definition) is 2. The van der Waals surface area contributed by atoms with E-state index >= 15 is 0 Å². The Morgan fingerprint density at radius 3 is 2.36 bits per heavy atom. The molecular formula is C26H30N2O3S2. The zero-order valence-corrected chi connectivity index (χ0v) is 21.1. The number of carbonyl (C=O) groups excluding carboxylic acids is 1. The number of rotatable bonds is 9. The van der Waals surface area contributed by atoms with Crippen molar-refractivity contribution in [1.29, 1.82) is 0 Å². The lowest BCUT2D eigenvalue weighted by Gasteiger charge is -2.14. The summed E-state index contributed by atoms with van der Waals surface area (Å²) in [6, 6.07) is 18.7. The van der Waals surface area contributed by atoms with Crippen molar-refractivity contribution in [2.75, 3.05) is 17.0 Å². The molecule has 0 aliphatic rings. The van der Waals surface area contributed by atoms with Gasteiger partial charge in [0.2, 0.25) is 0 Å². The van der Waals surface area contributed by atoms with Crippen molar-refractivity contribution in [3.05, 3.63) is 94.0 Å². The minimum atomic E-state index is -3.83. The van der Waals surface area contributed by atoms with E-state index in [1.165, 1.54) is 17.2 Å². The first-order valence-electron chi connectivity index (χ1n) is 10.8. The van der Waals surface area contributed by atoms with Crippen molar-refractivity contribution >= 4 is 33.4 Å². The maximum Gasteiger partial charge on any atom is 0.262 e. The summed E-state index contributed by atoms with van der Waals surface area (Å²) >= 11 is 1.75. The summed E-state index contributed by atoms with van der Waals surface area (Å²) in [5, 5.41) is 2.88. The average Bonchev–Trinajstić information content (AvgIpc) is 2.75. The van der Waals surface area contributed by atoms with Crippen LogP contribution in [0.2, 0.25) is 0 Å². The van der Waals surface area contributed by atoms with E-state index in [-0.39, 0.29) is 10.8 Å². The van der Waals surface area contributed by atoms with E-state index in [0.29, 0.717) is 23.4 Å². The number of nitrogens with one attached hydrogen (secondary N) is 2. The van der Waals surface area contributed by atoms with Crippen LogP contribution in [-0.2, 0) is 15.8 Å². The quantitative estimate of drug-likeness (QED) is 0.401. The van der Waals surface area contributed by atoms with Crippen molar-refractivity contribution in [3.8, 4) is 0 Å². The molecule has 33 heavy (non-hydrogen) atoms. The predicted octanol–water partition coefficient (Wildman–Crippen LogP) is 5.38. The van der Waals surface area contributed by atoms with Crippen molar-refractivity contribution in [2.45, 2.75) is 38.3 Å². The zero-order chi connectivity index (χ0) is 24.0. The molecule has 2 N–H and O–H groups in total. The fraction of sp³-hybridized carbons (Fsp3) is 0.269. The van der Waals surface area contributed by atoms with Crippen LogP contribution in [0, 0.1) is 27.7 Å². The molecule has 0 aliphatic carbocycles. The molecule has 0 atom stereocenters. The molecule has 0 saturated heterocycles. The Kier molecular flexibility index (Phi) is 8.21. The van der Waals surface area contributed by atoms with Gasteiger partial charge in [-0.05, 0) is 62.6 Å². The van der Waals surface area contributed by atoms with E-state index in [2.05, 4.69) is 35.2 Å². The highest BCUT2D eigenvalue weighted by Gasteiger charge is 2.20. The summed E-state index contributed by atoms with van der Waals surface area (Å²) in [4.78, 5) is 12.7. The van der Waals surface area contributed by atoms with Gasteiger partial charge in [-0.2, -0.15) is 11.8 Å². The second-order valence-electron chi connectivity index (χ2n) is 8.20. The van der Waals surface area contributed by atoms with Gasteiger partial charge in [-0.15, -0.1) is 0 Å². The maximum absolute atomic E-state index is 13.0. The first-order chi connectivity index (χ1) is 15.7. The Morgan fingerprint density at radius 1 is 0.879 bits per heavy atom. The topological polar surface area (TPSA) is 75.3 Å². The molecule has 3 aromatic carbocycles. The Labute approximate surface area is 201 Å². The minimum Gasteiger partial charge on any atom is -0.351 e. The molecule has 0 aliphatic heterocycles. The molecule has 1 amide bonds. The minimum absolute atomic E-state index is 0.101. The van der Waals surface area contributed by atoms with Crippen LogP contribution in [0.25, 0.3) is 0 Å². The van der Waals surface area contributed by atoms with Gasteiger partial charge in [0.05, 0.1) is 10.6 Å². The van der Waals surface area contributed by atoms with Crippen LogP contribution in [-0.4, -0.2) is 26.6 Å². The molecule has 0 unspecified atom stereocenters. The van der Waals surface area contributed by atoms with Crippen molar-refractivity contribution in [3.63, 3.8) is 0 Å². The Bertz CT molecular complexity index is 1250. The van der Waals surface area contributed by atoms with Gasteiger partial charge in [-0.1, -0.05) is 53.6 Å². The molecule has 0 heterocycles. The van der Waals surface area contributed by atoms with E-state index in [1.807, 2.05) is 32.0 Å². The molecule has 0 saturated carbocycles. The summed E-state index contributed by atoms with van der Waals surface area (Å²) < 4.78 is 28.7. The van der Waals surface area contributed by atoms with Crippen LogP contribution < -0.4 is 10.0 Å². The molecule has 0 radical (unpaired) electrons. The molecule has 0 spiro atoms. The van der Waals surface area contributed by atoms with Gasteiger partial charge in [-0.25, -0.2) is 8.42 Å². The lowest BCUT2D eigenvalue weighted by Crippen LogP contribution is -2.26. The molecule has 5 nitrogen and oxygen atoms in total. The molecule has 0 aromatic heterocycles. The van der Waals surface area contributed by atoms with Gasteiger partial charge in [0.25, 0.3) is 15.9 Å². The van der Waals surface area contributed by atoms with Gasteiger partial charge in [0.15, 0.2) is 0 Å². The number of hydrogen-bond acceptors (Lipinski definition) is 4. The predicted molar refractivity (Wildman–Crippen MR) is 138 cm³/mol. The average molecular weight is 483 g/mol. The van der Waals surface area contributed by atoms with Crippen molar-refractivity contribution in [2.24, 2.45) is 0 Å². The molecular weight excluding hydrogens is 452 g/mol. The van der Waals surface area contributed by atoms with Crippen LogP contribution >= 0.6 is 11.8 Å². The molecule has 174 valence electrons. The van der Waals surface area contributed by atoms with Gasteiger partial charge >= 0.3 is 0 Å². The highest BCUT2D eigenvalue weighted by Crippen LogP contribution is 2.23. The van der Waals surface area contributed by atoms with Crippen LogP contribution in [0.15, 0.2) is 65.6 Å². The summed E-state index contributed by atoms with van der Waals surface area (Å²) in [7, 11) is -3.83. The van der Waals surface area contributed by atoms with E-state index in [0.717, 1.165) is 22.6 Å². The van der Waals surface area contributed by atoms with E-state index in [9.17, 15) is 13.2 Å². The van der Waals surface area contributed by atoms with Gasteiger partial charge < -0.3 is 5.32 Å². The number of anilines is 1. The largest absolute Gasteiger partial charge is 0.351 e. The van der Waals surface area contributed by atoms with Crippen molar-refractivity contribution < 1.29 is 13.2 Å². The third-order valence-corrected chi connectivity index (χ3v) is 7.79. The molecule has 0 fully saturated rings. The SMILES string of the molecule is Cc1cccc(CSCCNC(=O)c2ccc(C)c(S(=O)(=O)Nc3ccc(C)cc3C)c2)c1. The zero-order valence-electron chi connectivity index (χ0n) is 19.4. The lowest BCUT2D eigenvalue weighted by atomic mass is 10.1. The summed E-state index contributed by atoms with van der Waals surface area (Å²) in [6.07, 6.45) is 0. The summed E-state index contributed by atoms with van der Waals surface area (Å²) in [6.45, 7) is 8.12. The van der Waals surface area contributed by atoms with Crippen molar-refractivity contribution in [1.82, 2.24) is 5.32 Å². The summed E-state index contributed by atoms with van der Waals surface area (Å²) in [5.74, 6) is 1.37. The Hall–Kier alpha value is -2.77. The Morgan fingerprint density at radius 2 is 1.64 bits per heavy atom. The first-order valence-corrected chi connectivity index (χ1v) is 13.4. The Balaban J connectivity index is 1.61. The van der Waals surface area contributed by atoms with E-state index in [4.69, 9.17) is 0 Å². The lowest BCUT2D eigenvalue weighted by molar-refractivity contribution is 0.0956. The van der Waals surface area contributed by atoms with Gasteiger partial charge in [-0.3, -0.25) is 9.52 Å². The fourth-order valence-corrected chi connectivity index (χ4v) is 5.70. The monoisotopic (exact) mass is 482 g/mol. The molecule has 3 rings (SSSR count). The van der Waals surface area contributed by atoms with Crippen LogP contribution in [0.5, 0.6) is 0 Å². The third kappa shape index (κ3) is 6.85. The molecule has 3 aromatic rings. The number of sulfonamides is 1. The van der Waals surface area contributed by atoms with Gasteiger partial charge in [0.1, 0.15) is 0 Å².